The lowest BCUT2D eigenvalue weighted by molar-refractivity contribution is -0.138. The summed E-state index contributed by atoms with van der Waals surface area (Å²) in [5, 5.41) is 10.2. The number of nitrogens with zero attached hydrogens (tertiary/aromatic N) is 1. The summed E-state index contributed by atoms with van der Waals surface area (Å²) in [5.74, 6) is -2.80. The second-order valence-electron chi connectivity index (χ2n) is 7.58. The SMILES string of the molecule is CNC(=O)C(NC(=O)C(C)CC(=O)NC(C)(C)C)C(=O)NCCc1cnc[nH]1. The van der Waals surface area contributed by atoms with E-state index in [4.69, 9.17) is 0 Å². The van der Waals surface area contributed by atoms with E-state index in [1.165, 1.54) is 13.4 Å². The van der Waals surface area contributed by atoms with Crippen molar-refractivity contribution in [1.29, 1.82) is 0 Å². The lowest BCUT2D eigenvalue weighted by Gasteiger charge is -2.22. The van der Waals surface area contributed by atoms with E-state index >= 15 is 0 Å². The number of rotatable bonds is 9. The molecule has 1 heterocycles. The first-order valence-electron chi connectivity index (χ1n) is 9.11. The third-order valence-corrected chi connectivity index (χ3v) is 3.76. The van der Waals surface area contributed by atoms with Crippen molar-refractivity contribution in [3.05, 3.63) is 18.2 Å². The van der Waals surface area contributed by atoms with Gasteiger partial charge in [-0.1, -0.05) is 6.92 Å². The van der Waals surface area contributed by atoms with Crippen LogP contribution in [0.5, 0.6) is 0 Å². The summed E-state index contributed by atoms with van der Waals surface area (Å²) in [6.45, 7) is 7.35. The van der Waals surface area contributed by atoms with Gasteiger partial charge in [0, 0.05) is 49.8 Å². The molecule has 1 aromatic heterocycles. The quantitative estimate of drug-likeness (QED) is 0.350. The second kappa shape index (κ2) is 10.4. The monoisotopic (exact) mass is 394 g/mol. The highest BCUT2D eigenvalue weighted by molar-refractivity contribution is 6.07. The summed E-state index contributed by atoms with van der Waals surface area (Å²) in [5.41, 5.74) is 0.422. The molecule has 0 aliphatic heterocycles. The van der Waals surface area contributed by atoms with Crippen LogP contribution in [0.4, 0.5) is 0 Å². The highest BCUT2D eigenvalue weighted by Crippen LogP contribution is 2.06. The number of amides is 4. The van der Waals surface area contributed by atoms with Crippen LogP contribution in [0.25, 0.3) is 0 Å². The molecule has 156 valence electrons. The Morgan fingerprint density at radius 2 is 1.82 bits per heavy atom. The Hall–Kier alpha value is -2.91. The van der Waals surface area contributed by atoms with Gasteiger partial charge in [0.1, 0.15) is 0 Å². The summed E-state index contributed by atoms with van der Waals surface area (Å²) in [4.78, 5) is 55.5. The number of aromatic nitrogens is 2. The predicted molar refractivity (Wildman–Crippen MR) is 103 cm³/mol. The zero-order chi connectivity index (χ0) is 21.3. The van der Waals surface area contributed by atoms with Crippen molar-refractivity contribution in [2.24, 2.45) is 5.92 Å². The molecule has 0 fully saturated rings. The van der Waals surface area contributed by atoms with Gasteiger partial charge < -0.3 is 26.3 Å². The van der Waals surface area contributed by atoms with Gasteiger partial charge in [0.05, 0.1) is 6.33 Å². The van der Waals surface area contributed by atoms with Crippen molar-refractivity contribution in [3.8, 4) is 0 Å². The van der Waals surface area contributed by atoms with Crippen LogP contribution in [-0.2, 0) is 25.6 Å². The van der Waals surface area contributed by atoms with E-state index in [-0.39, 0.29) is 18.9 Å². The van der Waals surface area contributed by atoms with Crippen molar-refractivity contribution in [1.82, 2.24) is 31.2 Å². The fourth-order valence-corrected chi connectivity index (χ4v) is 2.36. The molecule has 0 aromatic carbocycles. The molecule has 2 atom stereocenters. The van der Waals surface area contributed by atoms with Crippen molar-refractivity contribution in [2.45, 2.75) is 52.1 Å². The minimum Gasteiger partial charge on any atom is -0.357 e. The number of H-pyrrole nitrogens is 1. The Morgan fingerprint density at radius 1 is 1.14 bits per heavy atom. The fourth-order valence-electron chi connectivity index (χ4n) is 2.36. The maximum Gasteiger partial charge on any atom is 0.252 e. The van der Waals surface area contributed by atoms with Crippen LogP contribution in [0.3, 0.4) is 0 Å². The Balaban J connectivity index is 2.60. The molecule has 0 saturated heterocycles. The summed E-state index contributed by atoms with van der Waals surface area (Å²) in [6.07, 6.45) is 3.62. The number of nitrogens with one attached hydrogen (secondary N) is 5. The third-order valence-electron chi connectivity index (χ3n) is 3.76. The topological polar surface area (TPSA) is 145 Å². The van der Waals surface area contributed by atoms with Crippen LogP contribution in [0.2, 0.25) is 0 Å². The van der Waals surface area contributed by atoms with E-state index in [1.54, 1.807) is 13.1 Å². The van der Waals surface area contributed by atoms with Crippen LogP contribution in [0.1, 0.15) is 39.8 Å². The van der Waals surface area contributed by atoms with E-state index in [1.807, 2.05) is 20.8 Å². The van der Waals surface area contributed by atoms with Crippen molar-refractivity contribution >= 4 is 23.6 Å². The van der Waals surface area contributed by atoms with E-state index in [0.717, 1.165) is 5.69 Å². The zero-order valence-electron chi connectivity index (χ0n) is 17.0. The first-order valence-corrected chi connectivity index (χ1v) is 9.11. The highest BCUT2D eigenvalue weighted by atomic mass is 16.2. The smallest absolute Gasteiger partial charge is 0.252 e. The maximum atomic E-state index is 12.4. The molecule has 0 saturated carbocycles. The van der Waals surface area contributed by atoms with Crippen molar-refractivity contribution in [3.63, 3.8) is 0 Å². The standard InChI is InChI=1S/C18H30N6O4/c1-11(8-13(25)24-18(2,3)4)15(26)23-14(16(27)19-5)17(28)21-7-6-12-9-20-10-22-12/h9-11,14H,6-8H2,1-5H3,(H,19,27)(H,20,22)(H,21,28)(H,23,26)(H,24,25). The predicted octanol–water partition coefficient (Wildman–Crippen LogP) is -0.760. The van der Waals surface area contributed by atoms with E-state index in [2.05, 4.69) is 31.2 Å². The van der Waals surface area contributed by atoms with Gasteiger partial charge in [0.15, 0.2) is 6.04 Å². The highest BCUT2D eigenvalue weighted by Gasteiger charge is 2.30. The minimum atomic E-state index is -1.38. The average Bonchev–Trinajstić information content (AvgIpc) is 3.10. The normalized spacial score (nSPS) is 13.2. The molecule has 2 unspecified atom stereocenters. The largest absolute Gasteiger partial charge is 0.357 e. The number of hydrogen-bond acceptors (Lipinski definition) is 5. The summed E-state index contributed by atoms with van der Waals surface area (Å²) in [7, 11) is 1.37. The minimum absolute atomic E-state index is 0.0506. The summed E-state index contributed by atoms with van der Waals surface area (Å²) < 4.78 is 0. The molecule has 0 spiro atoms. The molecule has 0 bridgehead atoms. The van der Waals surface area contributed by atoms with Gasteiger partial charge >= 0.3 is 0 Å². The van der Waals surface area contributed by atoms with Gasteiger partial charge in [0.2, 0.25) is 11.8 Å². The lowest BCUT2D eigenvalue weighted by atomic mass is 10.0. The molecule has 28 heavy (non-hydrogen) atoms. The van der Waals surface area contributed by atoms with Crippen LogP contribution >= 0.6 is 0 Å². The maximum absolute atomic E-state index is 12.4. The number of hydrogen-bond donors (Lipinski definition) is 5. The Kier molecular flexibility index (Phi) is 8.62. The number of imidazole rings is 1. The number of likely N-dealkylation sites (N-methyl/N-ethyl adjacent to an activating group) is 1. The molecule has 5 N–H and O–H groups in total. The van der Waals surface area contributed by atoms with Crippen LogP contribution in [0, 0.1) is 5.92 Å². The van der Waals surface area contributed by atoms with Gasteiger partial charge in [0.25, 0.3) is 11.8 Å². The van der Waals surface area contributed by atoms with Gasteiger partial charge in [-0.05, 0) is 20.8 Å². The fraction of sp³-hybridized carbons (Fsp3) is 0.611. The molecule has 0 aliphatic carbocycles. The van der Waals surface area contributed by atoms with E-state index in [9.17, 15) is 19.2 Å². The van der Waals surface area contributed by atoms with E-state index in [0.29, 0.717) is 6.42 Å². The Labute approximate surface area is 164 Å². The molecular weight excluding hydrogens is 364 g/mol. The van der Waals surface area contributed by atoms with Gasteiger partial charge in [-0.2, -0.15) is 0 Å². The summed E-state index contributed by atoms with van der Waals surface area (Å²) in [6, 6.07) is -1.38. The molecule has 0 aliphatic rings. The molecule has 0 radical (unpaired) electrons. The van der Waals surface area contributed by atoms with E-state index < -0.39 is 35.2 Å². The number of carbonyl (C=O) groups is 4. The average molecular weight is 394 g/mol. The summed E-state index contributed by atoms with van der Waals surface area (Å²) >= 11 is 0. The first-order chi connectivity index (χ1) is 13.0. The molecule has 4 amide bonds. The van der Waals surface area contributed by atoms with Crippen molar-refractivity contribution in [2.75, 3.05) is 13.6 Å². The lowest BCUT2D eigenvalue weighted by Crippen LogP contribution is -2.56. The van der Waals surface area contributed by atoms with Crippen LogP contribution in [-0.4, -0.2) is 58.8 Å². The second-order valence-corrected chi connectivity index (χ2v) is 7.58. The number of aromatic amines is 1. The van der Waals surface area contributed by atoms with Gasteiger partial charge in [-0.3, -0.25) is 19.2 Å². The number of carbonyl (C=O) groups excluding carboxylic acids is 4. The van der Waals surface area contributed by atoms with Crippen LogP contribution in [0.15, 0.2) is 12.5 Å². The molecule has 1 rings (SSSR count). The van der Waals surface area contributed by atoms with Gasteiger partial charge in [-0.15, -0.1) is 0 Å². The first kappa shape index (κ1) is 23.1. The molecule has 10 heteroatoms. The van der Waals surface area contributed by atoms with Crippen LogP contribution < -0.4 is 21.3 Å². The third kappa shape index (κ3) is 8.19. The Bertz CT molecular complexity index is 681. The van der Waals surface area contributed by atoms with Gasteiger partial charge in [-0.25, -0.2) is 4.98 Å². The molecular formula is C18H30N6O4. The Morgan fingerprint density at radius 3 is 2.36 bits per heavy atom. The molecule has 10 nitrogen and oxygen atoms in total. The zero-order valence-corrected chi connectivity index (χ0v) is 17.0. The molecule has 1 aromatic rings. The van der Waals surface area contributed by atoms with Crippen molar-refractivity contribution < 1.29 is 19.2 Å².